The van der Waals surface area contributed by atoms with Crippen LogP contribution in [-0.4, -0.2) is 39.7 Å². The molecule has 3 aromatic rings. The van der Waals surface area contributed by atoms with Gasteiger partial charge in [0.25, 0.3) is 0 Å². The van der Waals surface area contributed by atoms with E-state index in [0.717, 1.165) is 22.6 Å². The molecule has 140 valence electrons. The standard InChI is InChI=1S/C21H24N4O2/c1-16(18-7-9-19(10-8-18)25-15-22-14-23-25)24(2)21(26)13-6-17-4-11-20(27-3)12-5-17/h4-5,7-12,14-16H,6,13H2,1-3H3/t16-/m0/s1. The fourth-order valence-corrected chi connectivity index (χ4v) is 2.91. The highest BCUT2D eigenvalue weighted by molar-refractivity contribution is 5.76. The number of hydrogen-bond donors (Lipinski definition) is 0. The Morgan fingerprint density at radius 2 is 1.85 bits per heavy atom. The van der Waals surface area contributed by atoms with Crippen molar-refractivity contribution in [1.82, 2.24) is 19.7 Å². The largest absolute Gasteiger partial charge is 0.497 e. The molecule has 2 aromatic carbocycles. The van der Waals surface area contributed by atoms with Crippen molar-refractivity contribution in [3.05, 3.63) is 72.3 Å². The lowest BCUT2D eigenvalue weighted by Crippen LogP contribution is -2.29. The van der Waals surface area contributed by atoms with Gasteiger partial charge in [0, 0.05) is 13.5 Å². The van der Waals surface area contributed by atoms with E-state index in [1.807, 2.05) is 62.5 Å². The number of benzene rings is 2. The lowest BCUT2D eigenvalue weighted by molar-refractivity contribution is -0.131. The van der Waals surface area contributed by atoms with Gasteiger partial charge in [0.15, 0.2) is 0 Å². The second-order valence-electron chi connectivity index (χ2n) is 6.46. The zero-order chi connectivity index (χ0) is 19.2. The van der Waals surface area contributed by atoms with Gasteiger partial charge in [0.1, 0.15) is 18.4 Å². The highest BCUT2D eigenvalue weighted by Crippen LogP contribution is 2.21. The van der Waals surface area contributed by atoms with Gasteiger partial charge in [-0.25, -0.2) is 9.67 Å². The smallest absolute Gasteiger partial charge is 0.223 e. The van der Waals surface area contributed by atoms with Crippen LogP contribution in [0.4, 0.5) is 0 Å². The Bertz CT molecular complexity index is 858. The summed E-state index contributed by atoms with van der Waals surface area (Å²) in [7, 11) is 3.50. The zero-order valence-corrected chi connectivity index (χ0v) is 15.9. The molecule has 0 unspecified atom stereocenters. The van der Waals surface area contributed by atoms with Crippen molar-refractivity contribution in [1.29, 1.82) is 0 Å². The first-order chi connectivity index (χ1) is 13.1. The van der Waals surface area contributed by atoms with E-state index in [1.165, 1.54) is 6.33 Å². The molecular weight excluding hydrogens is 340 g/mol. The van der Waals surface area contributed by atoms with E-state index in [1.54, 1.807) is 23.0 Å². The fraction of sp³-hybridized carbons (Fsp3) is 0.286. The number of ether oxygens (including phenoxy) is 1. The average molecular weight is 364 g/mol. The van der Waals surface area contributed by atoms with E-state index in [-0.39, 0.29) is 11.9 Å². The predicted molar refractivity (Wildman–Crippen MR) is 104 cm³/mol. The molecule has 0 aliphatic carbocycles. The van der Waals surface area contributed by atoms with E-state index >= 15 is 0 Å². The summed E-state index contributed by atoms with van der Waals surface area (Å²) < 4.78 is 6.87. The molecule has 0 aliphatic heterocycles. The van der Waals surface area contributed by atoms with Crippen LogP contribution in [0.5, 0.6) is 5.75 Å². The Kier molecular flexibility index (Phi) is 5.86. The molecule has 1 atom stereocenters. The first-order valence-corrected chi connectivity index (χ1v) is 8.92. The molecular formula is C21H24N4O2. The zero-order valence-electron chi connectivity index (χ0n) is 15.9. The van der Waals surface area contributed by atoms with Crippen LogP contribution in [0.25, 0.3) is 5.69 Å². The summed E-state index contributed by atoms with van der Waals surface area (Å²) in [5.74, 6) is 0.948. The van der Waals surface area contributed by atoms with Crippen LogP contribution >= 0.6 is 0 Å². The van der Waals surface area contributed by atoms with Crippen molar-refractivity contribution >= 4 is 5.91 Å². The number of hydrogen-bond acceptors (Lipinski definition) is 4. The van der Waals surface area contributed by atoms with Crippen molar-refractivity contribution in [2.45, 2.75) is 25.8 Å². The Hall–Kier alpha value is -3.15. The van der Waals surface area contributed by atoms with Gasteiger partial charge in [-0.05, 0) is 48.7 Å². The number of amides is 1. The summed E-state index contributed by atoms with van der Waals surface area (Å²) in [4.78, 5) is 18.3. The third-order valence-corrected chi connectivity index (χ3v) is 4.82. The van der Waals surface area contributed by atoms with Crippen molar-refractivity contribution < 1.29 is 9.53 Å². The van der Waals surface area contributed by atoms with Crippen LogP contribution in [0.2, 0.25) is 0 Å². The molecule has 0 saturated heterocycles. The molecule has 3 rings (SSSR count). The molecule has 6 heteroatoms. The van der Waals surface area contributed by atoms with Gasteiger partial charge < -0.3 is 9.64 Å². The highest BCUT2D eigenvalue weighted by atomic mass is 16.5. The molecule has 0 fully saturated rings. The molecule has 0 spiro atoms. The number of aromatic nitrogens is 3. The second-order valence-corrected chi connectivity index (χ2v) is 6.46. The molecule has 0 saturated carbocycles. The van der Waals surface area contributed by atoms with Crippen molar-refractivity contribution in [2.24, 2.45) is 0 Å². The fourth-order valence-electron chi connectivity index (χ4n) is 2.91. The van der Waals surface area contributed by atoms with Gasteiger partial charge >= 0.3 is 0 Å². The predicted octanol–water partition coefficient (Wildman–Crippen LogP) is 3.43. The normalized spacial score (nSPS) is 11.8. The molecule has 27 heavy (non-hydrogen) atoms. The van der Waals surface area contributed by atoms with E-state index in [0.29, 0.717) is 12.8 Å². The minimum absolute atomic E-state index is 0.00170. The molecule has 0 bridgehead atoms. The molecule has 0 N–H and O–H groups in total. The Morgan fingerprint density at radius 3 is 2.44 bits per heavy atom. The van der Waals surface area contributed by atoms with Crippen molar-refractivity contribution in [2.75, 3.05) is 14.2 Å². The lowest BCUT2D eigenvalue weighted by atomic mass is 10.1. The summed E-state index contributed by atoms with van der Waals surface area (Å²) >= 11 is 0. The number of methoxy groups -OCH3 is 1. The minimum Gasteiger partial charge on any atom is -0.497 e. The number of carbonyl (C=O) groups is 1. The van der Waals surface area contributed by atoms with Gasteiger partial charge in [-0.1, -0.05) is 24.3 Å². The quantitative estimate of drug-likeness (QED) is 0.644. The SMILES string of the molecule is COc1ccc(CCC(=O)N(C)[C@@H](C)c2ccc(-n3cncn3)cc2)cc1. The summed E-state index contributed by atoms with van der Waals surface area (Å²) in [5, 5.41) is 4.12. The maximum Gasteiger partial charge on any atom is 0.223 e. The molecule has 1 amide bonds. The van der Waals surface area contributed by atoms with Crippen LogP contribution in [-0.2, 0) is 11.2 Å². The Morgan fingerprint density at radius 1 is 1.15 bits per heavy atom. The number of nitrogens with zero attached hydrogens (tertiary/aromatic N) is 4. The van der Waals surface area contributed by atoms with Crippen LogP contribution in [0.3, 0.4) is 0 Å². The lowest BCUT2D eigenvalue weighted by Gasteiger charge is -2.25. The first kappa shape index (κ1) is 18.6. The van der Waals surface area contributed by atoms with Crippen LogP contribution in [0.15, 0.2) is 61.2 Å². The van der Waals surface area contributed by atoms with Gasteiger partial charge in [0.2, 0.25) is 5.91 Å². The number of rotatable bonds is 7. The van der Waals surface area contributed by atoms with E-state index in [2.05, 4.69) is 10.1 Å². The third kappa shape index (κ3) is 4.53. The summed E-state index contributed by atoms with van der Waals surface area (Å²) in [6.45, 7) is 2.04. The third-order valence-electron chi connectivity index (χ3n) is 4.82. The van der Waals surface area contributed by atoms with Gasteiger partial charge in [-0.3, -0.25) is 4.79 Å². The first-order valence-electron chi connectivity index (χ1n) is 8.92. The van der Waals surface area contributed by atoms with Crippen LogP contribution in [0, 0.1) is 0 Å². The van der Waals surface area contributed by atoms with Gasteiger partial charge in [0.05, 0.1) is 18.8 Å². The summed E-state index contributed by atoms with van der Waals surface area (Å²) in [6, 6.07) is 15.8. The Labute approximate surface area is 159 Å². The van der Waals surface area contributed by atoms with Gasteiger partial charge in [-0.2, -0.15) is 5.10 Å². The molecule has 0 radical (unpaired) electrons. The highest BCUT2D eigenvalue weighted by Gasteiger charge is 2.17. The summed E-state index contributed by atoms with van der Waals surface area (Å²) in [6.07, 6.45) is 4.36. The van der Waals surface area contributed by atoms with Crippen molar-refractivity contribution in [3.8, 4) is 11.4 Å². The van der Waals surface area contributed by atoms with E-state index in [9.17, 15) is 4.79 Å². The molecule has 6 nitrogen and oxygen atoms in total. The maximum atomic E-state index is 12.6. The Balaban J connectivity index is 1.58. The molecule has 1 heterocycles. The van der Waals surface area contributed by atoms with Crippen molar-refractivity contribution in [3.63, 3.8) is 0 Å². The summed E-state index contributed by atoms with van der Waals surface area (Å²) in [5.41, 5.74) is 3.15. The minimum atomic E-state index is -0.00170. The maximum absolute atomic E-state index is 12.6. The molecule has 1 aromatic heterocycles. The van der Waals surface area contributed by atoms with E-state index in [4.69, 9.17) is 4.74 Å². The van der Waals surface area contributed by atoms with E-state index < -0.39 is 0 Å². The average Bonchev–Trinajstić information content (AvgIpc) is 3.26. The number of carbonyl (C=O) groups excluding carboxylic acids is 1. The van der Waals surface area contributed by atoms with Crippen LogP contribution < -0.4 is 4.74 Å². The molecule has 0 aliphatic rings. The van der Waals surface area contributed by atoms with Gasteiger partial charge in [-0.15, -0.1) is 0 Å². The monoisotopic (exact) mass is 364 g/mol. The topological polar surface area (TPSA) is 60.2 Å². The number of aryl methyl sites for hydroxylation is 1. The second kappa shape index (κ2) is 8.49. The van der Waals surface area contributed by atoms with Crippen LogP contribution in [0.1, 0.15) is 30.5 Å².